The Morgan fingerprint density at radius 2 is 1.79 bits per heavy atom. The second kappa shape index (κ2) is 11.6. The number of anilines is 2. The molecule has 0 aliphatic carbocycles. The largest absolute Gasteiger partial charge is 0.445 e. The molecule has 0 radical (unpaired) electrons. The fourth-order valence-corrected chi connectivity index (χ4v) is 7.98. The van der Waals surface area contributed by atoms with E-state index in [1.54, 1.807) is 24.3 Å². The summed E-state index contributed by atoms with van der Waals surface area (Å²) < 4.78 is 12.8. The van der Waals surface area contributed by atoms with Gasteiger partial charge < -0.3 is 24.4 Å². The highest BCUT2D eigenvalue weighted by molar-refractivity contribution is 14.1. The van der Waals surface area contributed by atoms with Crippen molar-refractivity contribution < 1.29 is 28.7 Å². The van der Waals surface area contributed by atoms with Crippen LogP contribution in [-0.2, 0) is 27.3 Å². The summed E-state index contributed by atoms with van der Waals surface area (Å²) in [6.07, 6.45) is 3.19. The summed E-state index contributed by atoms with van der Waals surface area (Å²) >= 11 is 2.53. The van der Waals surface area contributed by atoms with Crippen molar-refractivity contribution in [3.8, 4) is 11.1 Å². The van der Waals surface area contributed by atoms with Crippen molar-refractivity contribution in [1.82, 2.24) is 0 Å². The average Bonchev–Trinajstić information content (AvgIpc) is 3.76. The van der Waals surface area contributed by atoms with Gasteiger partial charge in [-0.25, -0.2) is 4.79 Å². The van der Waals surface area contributed by atoms with Crippen molar-refractivity contribution in [2.24, 2.45) is 0 Å². The normalized spacial score (nSPS) is 26.7. The quantitative estimate of drug-likeness (QED) is 0.0862. The van der Waals surface area contributed by atoms with E-state index in [1.165, 1.54) is 0 Å². The predicted octanol–water partition coefficient (Wildman–Crippen LogP) is 5.88. The molecule has 3 aromatic rings. The van der Waals surface area contributed by atoms with Crippen molar-refractivity contribution >= 4 is 46.0 Å². The third-order valence-corrected chi connectivity index (χ3v) is 11.4. The molecule has 3 heterocycles. The number of benzene rings is 3. The number of carbonyl (C=O) groups is 2. The van der Waals surface area contributed by atoms with Crippen LogP contribution in [0, 0.1) is 0 Å². The molecule has 0 aromatic heterocycles. The number of morpholine rings is 1. The van der Waals surface area contributed by atoms with E-state index in [2.05, 4.69) is 53.4 Å². The summed E-state index contributed by atoms with van der Waals surface area (Å²) in [5, 5.41) is 15.1. The number of aliphatic hydroxyl groups excluding tert-OH is 1. The summed E-state index contributed by atoms with van der Waals surface area (Å²) in [7, 11) is 4.53. The first-order chi connectivity index (χ1) is 20.2. The van der Waals surface area contributed by atoms with Crippen LogP contribution in [-0.4, -0.2) is 63.6 Å². The van der Waals surface area contributed by atoms with Crippen molar-refractivity contribution in [1.29, 1.82) is 0 Å². The minimum atomic E-state index is -0.442. The molecule has 0 spiro atoms. The predicted molar refractivity (Wildman–Crippen MR) is 170 cm³/mol. The minimum absolute atomic E-state index is 0.0278. The molecule has 5 atom stereocenters. The molecule has 0 unspecified atom stereocenters. The second-order valence-electron chi connectivity index (χ2n) is 12.0. The number of aliphatic hydroxyl groups is 1. The highest BCUT2D eigenvalue weighted by Gasteiger charge is 2.78. The van der Waals surface area contributed by atoms with Gasteiger partial charge in [0.25, 0.3) is 0 Å². The molecule has 220 valence electrons. The van der Waals surface area contributed by atoms with E-state index in [1.807, 2.05) is 42.5 Å². The lowest BCUT2D eigenvalue weighted by molar-refractivity contribution is -0.943. The van der Waals surface area contributed by atoms with Crippen LogP contribution in [0.4, 0.5) is 16.2 Å². The third-order valence-electron chi connectivity index (χ3n) is 9.12. The monoisotopic (exact) mass is 682 g/mol. The Balaban J connectivity index is 1.10. The molecule has 2 bridgehead atoms. The minimum Gasteiger partial charge on any atom is -0.445 e. The van der Waals surface area contributed by atoms with Crippen LogP contribution in [0.15, 0.2) is 72.8 Å². The van der Waals surface area contributed by atoms with Crippen molar-refractivity contribution in [3.63, 3.8) is 0 Å². The zero-order valence-electron chi connectivity index (χ0n) is 23.9. The van der Waals surface area contributed by atoms with Gasteiger partial charge in [-0.3, -0.25) is 10.1 Å². The highest BCUT2D eigenvalue weighted by atomic mass is 127. The van der Waals surface area contributed by atoms with E-state index >= 15 is 0 Å². The molecule has 3 fully saturated rings. The van der Waals surface area contributed by atoms with E-state index in [9.17, 15) is 14.7 Å². The molecule has 42 heavy (non-hydrogen) atoms. The zero-order chi connectivity index (χ0) is 29.5. The Hall–Kier alpha value is -2.99. The Morgan fingerprint density at radius 3 is 2.50 bits per heavy atom. The Bertz CT molecular complexity index is 1460. The van der Waals surface area contributed by atoms with Gasteiger partial charge in [0.05, 0.1) is 32.8 Å². The number of carbonyl (C=O) groups excluding carboxylic acids is 2. The van der Waals surface area contributed by atoms with E-state index < -0.39 is 6.09 Å². The number of hydrogen-bond donors (Lipinski definition) is 3. The Kier molecular flexibility index (Phi) is 8.03. The number of halogens is 1. The standard InChI is InChI=1S/C33H36IN3O5/c1-37(2)28-18-25(19-33(37,34)31-30(28)42-31)41-32(40)36-27-17-21(13-16-26(27)23-8-4-3-5-9-23)7-6-10-29(39)35-24-14-11-22(20-38)12-15-24/h3-5,8-9,11-17,25,28,30-31,38H,6-7,10,18-20H2,1-2H3,(H-,35,36,39,40)/p+1/t25-,28-,30-,31+,33-/m0/s1. The summed E-state index contributed by atoms with van der Waals surface area (Å²) in [5.74, 6) is -0.0612. The molecular weight excluding hydrogens is 645 g/mol. The number of epoxide rings is 1. The number of aryl methyl sites for hydroxylation is 1. The Labute approximate surface area is 260 Å². The zero-order valence-corrected chi connectivity index (χ0v) is 26.0. The van der Waals surface area contributed by atoms with E-state index in [0.29, 0.717) is 36.7 Å². The molecule has 3 aromatic carbocycles. The van der Waals surface area contributed by atoms with Gasteiger partial charge in [0.2, 0.25) is 5.91 Å². The highest BCUT2D eigenvalue weighted by Crippen LogP contribution is 2.61. The molecule has 3 saturated heterocycles. The van der Waals surface area contributed by atoms with Crippen LogP contribution in [0.1, 0.15) is 36.8 Å². The maximum absolute atomic E-state index is 13.2. The van der Waals surface area contributed by atoms with Crippen LogP contribution in [0.2, 0.25) is 0 Å². The number of hydrogen-bond acceptors (Lipinski definition) is 5. The molecule has 9 heteroatoms. The van der Waals surface area contributed by atoms with Gasteiger partial charge in [0, 0.05) is 24.1 Å². The molecule has 6 rings (SSSR count). The molecule has 3 aliphatic rings. The number of quaternary nitrogens is 1. The van der Waals surface area contributed by atoms with Crippen LogP contribution < -0.4 is 10.6 Å². The molecule has 0 saturated carbocycles. The van der Waals surface area contributed by atoms with Gasteiger partial charge in [-0.05, 0) is 70.3 Å². The van der Waals surface area contributed by atoms with Crippen LogP contribution in [0.3, 0.4) is 0 Å². The lowest BCUT2D eigenvalue weighted by Crippen LogP contribution is -2.65. The number of nitrogens with zero attached hydrogens (tertiary/aromatic N) is 1. The van der Waals surface area contributed by atoms with Gasteiger partial charge in [-0.15, -0.1) is 0 Å². The molecular formula is C33H37IN3O5+. The number of piperidine rings is 1. The number of nitrogens with one attached hydrogen (secondary N) is 2. The second-order valence-corrected chi connectivity index (χ2v) is 13.9. The molecule has 3 N–H and O–H groups in total. The first-order valence-electron chi connectivity index (χ1n) is 14.5. The van der Waals surface area contributed by atoms with Gasteiger partial charge in [-0.2, -0.15) is 0 Å². The lowest BCUT2D eigenvalue weighted by atomic mass is 9.96. The average molecular weight is 683 g/mol. The van der Waals surface area contributed by atoms with E-state index in [-0.39, 0.29) is 34.4 Å². The fraction of sp³-hybridized carbons (Fsp3) is 0.394. The van der Waals surface area contributed by atoms with Crippen molar-refractivity contribution in [2.45, 2.75) is 66.6 Å². The van der Waals surface area contributed by atoms with Gasteiger partial charge in [0.1, 0.15) is 18.2 Å². The van der Waals surface area contributed by atoms with Gasteiger partial charge in [-0.1, -0.05) is 54.6 Å². The fourth-order valence-electron chi connectivity index (χ4n) is 6.63. The molecule has 3 aliphatic heterocycles. The van der Waals surface area contributed by atoms with Gasteiger partial charge >= 0.3 is 6.09 Å². The number of amides is 2. The first kappa shape index (κ1) is 29.1. The van der Waals surface area contributed by atoms with Crippen molar-refractivity contribution in [3.05, 3.63) is 83.9 Å². The number of ether oxygens (including phenoxy) is 2. The number of alkyl halides is 1. The summed E-state index contributed by atoms with van der Waals surface area (Å²) in [6, 6.07) is 23.5. The van der Waals surface area contributed by atoms with Crippen LogP contribution >= 0.6 is 22.6 Å². The number of likely N-dealkylation sites (N-methyl/N-ethyl adjacent to an activating group) is 1. The molecule has 2 amide bonds. The third kappa shape index (κ3) is 5.67. The number of fused-ring (bicyclic) bond motifs is 5. The van der Waals surface area contributed by atoms with E-state index in [4.69, 9.17) is 9.47 Å². The summed E-state index contributed by atoms with van der Waals surface area (Å²) in [4.78, 5) is 25.7. The topological polar surface area (TPSA) is 100 Å². The van der Waals surface area contributed by atoms with Crippen LogP contribution in [0.25, 0.3) is 11.1 Å². The van der Waals surface area contributed by atoms with E-state index in [0.717, 1.165) is 39.6 Å². The van der Waals surface area contributed by atoms with Crippen LogP contribution in [0.5, 0.6) is 0 Å². The molecule has 8 nitrogen and oxygen atoms in total. The number of rotatable bonds is 9. The lowest BCUT2D eigenvalue weighted by Gasteiger charge is -2.50. The smallest absolute Gasteiger partial charge is 0.411 e. The summed E-state index contributed by atoms with van der Waals surface area (Å²) in [6.45, 7) is -0.0278. The van der Waals surface area contributed by atoms with Gasteiger partial charge in [0.15, 0.2) is 9.65 Å². The maximum Gasteiger partial charge on any atom is 0.411 e. The maximum atomic E-state index is 13.2. The summed E-state index contributed by atoms with van der Waals surface area (Å²) in [5.41, 5.74) is 5.16. The van der Waals surface area contributed by atoms with Crippen molar-refractivity contribution in [2.75, 3.05) is 24.7 Å². The Morgan fingerprint density at radius 1 is 1.05 bits per heavy atom. The first-order valence-corrected chi connectivity index (χ1v) is 15.6. The SMILES string of the molecule is C[N+]1(C)[C@H]2C[C@H](OC(=O)Nc3cc(CCCC(=O)Nc4ccc(CO)cc4)ccc3-c3ccccc3)C[C@@]1(I)[C@@H]1O[C@H]12.